The van der Waals surface area contributed by atoms with Gasteiger partial charge in [-0.1, -0.05) is 41.4 Å². The number of benzene rings is 1. The third-order valence-corrected chi connectivity index (χ3v) is 5.92. The second-order valence-electron chi connectivity index (χ2n) is 7.51. The first kappa shape index (κ1) is 23.0. The number of allylic oxidation sites excluding steroid dienone is 3. The Kier molecular flexibility index (Phi) is 6.22. The molecule has 0 radical (unpaired) electrons. The van der Waals surface area contributed by atoms with Gasteiger partial charge < -0.3 is 10.3 Å². The number of hydrogen-bond acceptors (Lipinski definition) is 3. The Labute approximate surface area is 187 Å². The van der Waals surface area contributed by atoms with Gasteiger partial charge in [-0.15, -0.1) is 11.6 Å². The Morgan fingerprint density at radius 1 is 1.27 bits per heavy atom. The minimum Gasteiger partial charge on any atom is -0.333 e. The summed E-state index contributed by atoms with van der Waals surface area (Å²) >= 11 is 18.7. The van der Waals surface area contributed by atoms with Gasteiger partial charge in [0, 0.05) is 21.8 Å². The van der Waals surface area contributed by atoms with Crippen molar-refractivity contribution in [2.24, 2.45) is 5.92 Å². The van der Waals surface area contributed by atoms with Gasteiger partial charge >= 0.3 is 6.18 Å². The Bertz CT molecular complexity index is 943. The molecule has 0 aromatic heterocycles. The molecular weight excluding hydrogens is 462 g/mol. The molecule has 0 saturated heterocycles. The first-order valence-corrected chi connectivity index (χ1v) is 10.1. The van der Waals surface area contributed by atoms with Crippen LogP contribution >= 0.6 is 34.8 Å². The highest BCUT2D eigenvalue weighted by Crippen LogP contribution is 2.38. The molecular formula is C20H19Cl3F3N3O. The summed E-state index contributed by atoms with van der Waals surface area (Å²) in [6.07, 6.45) is 3.58. The molecule has 162 valence electrons. The molecule has 0 fully saturated rings. The fraction of sp³-hybridized carbons (Fsp3) is 0.350. The summed E-state index contributed by atoms with van der Waals surface area (Å²) in [7, 11) is 0. The molecule has 3 rings (SSSR count). The van der Waals surface area contributed by atoms with Crippen LogP contribution in [0.2, 0.25) is 5.02 Å². The van der Waals surface area contributed by atoms with E-state index >= 15 is 0 Å². The lowest BCUT2D eigenvalue weighted by atomic mass is 9.87. The van der Waals surface area contributed by atoms with E-state index in [1.54, 1.807) is 44.4 Å². The minimum absolute atomic E-state index is 0.00137. The zero-order chi connectivity index (χ0) is 22.3. The van der Waals surface area contributed by atoms with Crippen LogP contribution in [0.5, 0.6) is 0 Å². The molecule has 0 spiro atoms. The largest absolute Gasteiger partial charge is 0.416 e. The first-order chi connectivity index (χ1) is 13.8. The Hall–Kier alpha value is -1.67. The summed E-state index contributed by atoms with van der Waals surface area (Å²) in [5, 5.41) is 4.53. The van der Waals surface area contributed by atoms with Crippen LogP contribution in [-0.2, 0) is 17.5 Å². The van der Waals surface area contributed by atoms with Crippen LogP contribution in [0, 0.1) is 5.92 Å². The summed E-state index contributed by atoms with van der Waals surface area (Å²) in [5.74, 6) is -1.24. The van der Waals surface area contributed by atoms with Crippen molar-refractivity contribution < 1.29 is 18.0 Å². The van der Waals surface area contributed by atoms with Gasteiger partial charge in [0.25, 0.3) is 0 Å². The Morgan fingerprint density at radius 2 is 1.97 bits per heavy atom. The van der Waals surface area contributed by atoms with E-state index < -0.39 is 34.1 Å². The number of hydrogen-bond donors (Lipinski definition) is 2. The van der Waals surface area contributed by atoms with Crippen LogP contribution in [-0.4, -0.2) is 21.5 Å². The highest BCUT2D eigenvalue weighted by Gasteiger charge is 2.42. The summed E-state index contributed by atoms with van der Waals surface area (Å²) in [5.41, 5.74) is 1.03. The number of hydrazine groups is 1. The predicted molar refractivity (Wildman–Crippen MR) is 112 cm³/mol. The highest BCUT2D eigenvalue weighted by molar-refractivity contribution is 6.35. The van der Waals surface area contributed by atoms with E-state index in [-0.39, 0.29) is 17.1 Å². The van der Waals surface area contributed by atoms with E-state index in [0.29, 0.717) is 5.03 Å². The van der Waals surface area contributed by atoms with Gasteiger partial charge in [0.1, 0.15) is 5.66 Å². The lowest BCUT2D eigenvalue weighted by molar-refractivity contribution is -0.138. The average Bonchev–Trinajstić information content (AvgIpc) is 2.95. The monoisotopic (exact) mass is 479 g/mol. The van der Waals surface area contributed by atoms with Crippen LogP contribution in [0.15, 0.2) is 53.7 Å². The molecule has 2 aliphatic rings. The van der Waals surface area contributed by atoms with Gasteiger partial charge in [0.2, 0.25) is 5.91 Å². The van der Waals surface area contributed by atoms with Gasteiger partial charge in [0.15, 0.2) is 0 Å². The highest BCUT2D eigenvalue weighted by atomic mass is 35.5. The van der Waals surface area contributed by atoms with E-state index in [9.17, 15) is 18.0 Å². The molecule has 0 bridgehead atoms. The summed E-state index contributed by atoms with van der Waals surface area (Å²) in [6, 6.07) is 3.64. The van der Waals surface area contributed by atoms with Gasteiger partial charge in [0.05, 0.1) is 22.9 Å². The minimum atomic E-state index is -4.54. The van der Waals surface area contributed by atoms with Gasteiger partial charge in [-0.25, -0.2) is 5.43 Å². The molecule has 1 aromatic rings. The number of amides is 1. The lowest BCUT2D eigenvalue weighted by Crippen LogP contribution is -2.59. The molecule has 1 heterocycles. The normalized spacial score (nSPS) is 28.6. The maximum absolute atomic E-state index is 13.3. The van der Waals surface area contributed by atoms with E-state index in [4.69, 9.17) is 34.8 Å². The molecule has 30 heavy (non-hydrogen) atoms. The molecule has 2 N–H and O–H groups in total. The van der Waals surface area contributed by atoms with Crippen molar-refractivity contribution in [1.29, 1.82) is 0 Å². The van der Waals surface area contributed by atoms with Crippen LogP contribution < -0.4 is 10.7 Å². The van der Waals surface area contributed by atoms with Crippen molar-refractivity contribution in [3.8, 4) is 0 Å². The number of nitrogens with zero attached hydrogens (tertiary/aromatic N) is 1. The Balaban J connectivity index is 1.73. The van der Waals surface area contributed by atoms with E-state index in [0.717, 1.165) is 6.07 Å². The number of nitrogens with one attached hydrogen (secondary N) is 2. The number of carbonyl (C=O) groups is 1. The second kappa shape index (κ2) is 8.11. The van der Waals surface area contributed by atoms with Gasteiger partial charge in [-0.3, -0.25) is 4.79 Å². The van der Waals surface area contributed by atoms with Crippen molar-refractivity contribution in [3.63, 3.8) is 0 Å². The summed E-state index contributed by atoms with van der Waals surface area (Å²) < 4.78 is 40.0. The third-order valence-electron chi connectivity index (χ3n) is 4.88. The molecule has 4 nitrogen and oxygen atoms in total. The van der Waals surface area contributed by atoms with Crippen LogP contribution in [0.1, 0.15) is 25.0 Å². The quantitative estimate of drug-likeness (QED) is 0.573. The van der Waals surface area contributed by atoms with Crippen LogP contribution in [0.4, 0.5) is 13.2 Å². The third kappa shape index (κ3) is 4.80. The lowest BCUT2D eigenvalue weighted by Gasteiger charge is -2.35. The molecule has 3 atom stereocenters. The second-order valence-corrected chi connectivity index (χ2v) is 9.16. The van der Waals surface area contributed by atoms with Crippen molar-refractivity contribution in [3.05, 3.63) is 69.9 Å². The fourth-order valence-electron chi connectivity index (χ4n) is 3.43. The predicted octanol–water partition coefficient (Wildman–Crippen LogP) is 5.33. The van der Waals surface area contributed by atoms with Crippen molar-refractivity contribution in [1.82, 2.24) is 15.8 Å². The van der Waals surface area contributed by atoms with Crippen molar-refractivity contribution in [2.45, 2.75) is 37.1 Å². The molecule has 1 amide bonds. The molecule has 1 aliphatic heterocycles. The molecule has 1 aliphatic carbocycles. The van der Waals surface area contributed by atoms with Gasteiger partial charge in [-0.2, -0.15) is 13.2 Å². The van der Waals surface area contributed by atoms with E-state index in [1.807, 2.05) is 0 Å². The molecule has 0 saturated carbocycles. The van der Waals surface area contributed by atoms with E-state index in [2.05, 4.69) is 10.7 Å². The van der Waals surface area contributed by atoms with E-state index in [1.165, 1.54) is 17.1 Å². The van der Waals surface area contributed by atoms with Crippen LogP contribution in [0.25, 0.3) is 0 Å². The average molecular weight is 481 g/mol. The maximum Gasteiger partial charge on any atom is 0.416 e. The number of alkyl halides is 4. The SMILES string of the molecule is CC1(NC(=O)C2C(Cl)=CC=CC2(C)Cl)C=CN(Cc2c(Cl)cccc2C(F)(F)F)N1. The van der Waals surface area contributed by atoms with Crippen molar-refractivity contribution >= 4 is 40.7 Å². The molecule has 10 heteroatoms. The van der Waals surface area contributed by atoms with Crippen molar-refractivity contribution in [2.75, 3.05) is 0 Å². The number of halogens is 6. The zero-order valence-electron chi connectivity index (χ0n) is 16.0. The van der Waals surface area contributed by atoms with Gasteiger partial charge in [-0.05, 0) is 38.1 Å². The van der Waals surface area contributed by atoms with Crippen LogP contribution in [0.3, 0.4) is 0 Å². The number of carbonyl (C=O) groups excluding carboxylic acids is 1. The standard InChI is InChI=1S/C20H19Cl3F3N3O/c1-18(23)8-4-7-15(22)16(18)17(30)27-19(2)9-10-29(28-19)11-12-13(20(24,25)26)5-3-6-14(12)21/h3-10,16,28H,11H2,1-2H3,(H,27,30). The fourth-order valence-corrected chi connectivity index (χ4v) is 4.41. The topological polar surface area (TPSA) is 44.4 Å². The first-order valence-electron chi connectivity index (χ1n) is 8.97. The maximum atomic E-state index is 13.3. The molecule has 1 aromatic carbocycles. The molecule has 3 unspecified atom stereocenters. The Morgan fingerprint density at radius 3 is 2.60 bits per heavy atom. The summed E-state index contributed by atoms with van der Waals surface area (Å²) in [6.45, 7) is 3.18. The summed E-state index contributed by atoms with van der Waals surface area (Å²) in [4.78, 5) is 11.9. The smallest absolute Gasteiger partial charge is 0.333 e. The zero-order valence-corrected chi connectivity index (χ0v) is 18.3. The number of rotatable bonds is 4.